The third-order valence-corrected chi connectivity index (χ3v) is 10.2. The number of nitro benzene ring substituents is 1. The minimum absolute atomic E-state index is 0.00129. The second kappa shape index (κ2) is 11.1. The van der Waals surface area contributed by atoms with Crippen molar-refractivity contribution in [2.24, 2.45) is 0 Å². The minimum atomic E-state index is -2.51. The minimum Gasteiger partial charge on any atom is -0.423 e. The number of ether oxygens (including phenoxy) is 1. The van der Waals surface area contributed by atoms with Crippen molar-refractivity contribution in [2.75, 3.05) is 0 Å². The number of rotatable bonds is 7. The lowest BCUT2D eigenvalue weighted by atomic mass is 10.1. The van der Waals surface area contributed by atoms with E-state index < -0.39 is 17.8 Å². The Bertz CT molecular complexity index is 1530. The van der Waals surface area contributed by atoms with Crippen LogP contribution in [0, 0.1) is 10.1 Å². The molecule has 5 rings (SSSR count). The van der Waals surface area contributed by atoms with Gasteiger partial charge in [-0.2, -0.15) is 0 Å². The predicted molar refractivity (Wildman–Crippen MR) is 155 cm³/mol. The lowest BCUT2D eigenvalue weighted by Gasteiger charge is -2.28. The van der Waals surface area contributed by atoms with Gasteiger partial charge in [-0.1, -0.05) is 115 Å². The van der Waals surface area contributed by atoms with Gasteiger partial charge in [-0.15, -0.1) is 0 Å². The molecule has 0 saturated heterocycles. The Morgan fingerprint density at radius 3 is 1.61 bits per heavy atom. The molecular weight excluding hydrogens is 493 g/mol. The quantitative estimate of drug-likeness (QED) is 0.0878. The van der Waals surface area contributed by atoms with E-state index in [0.717, 1.165) is 15.9 Å². The zero-order valence-corrected chi connectivity index (χ0v) is 21.3. The molecule has 5 nitrogen and oxygen atoms in total. The van der Waals surface area contributed by atoms with Crippen LogP contribution in [0.1, 0.15) is 0 Å². The van der Waals surface area contributed by atoms with Gasteiger partial charge in [0.05, 0.1) is 4.92 Å². The van der Waals surface area contributed by atoms with Crippen molar-refractivity contribution in [1.82, 2.24) is 0 Å². The van der Waals surface area contributed by atoms with Gasteiger partial charge in [0, 0.05) is 17.9 Å². The fraction of sp³-hybridized carbons (Fsp3) is 0. The van der Waals surface area contributed by atoms with Crippen LogP contribution in [0.4, 0.5) is 5.69 Å². The highest BCUT2D eigenvalue weighted by Gasteiger charge is 2.27. The number of benzene rings is 5. The van der Waals surface area contributed by atoms with Gasteiger partial charge in [-0.25, -0.2) is 4.79 Å². The second-order valence-electron chi connectivity index (χ2n) is 8.61. The topological polar surface area (TPSA) is 69.4 Å². The van der Waals surface area contributed by atoms with E-state index in [1.165, 1.54) is 12.1 Å². The number of nitrogens with zero attached hydrogens (tertiary/aromatic N) is 1. The molecule has 0 aliphatic carbocycles. The first-order valence-electron chi connectivity index (χ1n) is 12.0. The molecule has 0 aromatic heterocycles. The maximum Gasteiger partial charge on any atom is 0.337 e. The van der Waals surface area contributed by atoms with Crippen LogP contribution in [0.25, 0.3) is 11.1 Å². The third-order valence-electron chi connectivity index (χ3n) is 6.23. The molecule has 0 amide bonds. The van der Waals surface area contributed by atoms with Gasteiger partial charge in [0.15, 0.2) is 0 Å². The van der Waals surface area contributed by atoms with Gasteiger partial charge >= 0.3 is 5.97 Å². The number of hydrogen-bond acceptors (Lipinski definition) is 4. The number of carbonyl (C=O) groups excluding carboxylic acids is 1. The van der Waals surface area contributed by atoms with Crippen LogP contribution < -0.4 is 20.7 Å². The lowest BCUT2D eigenvalue weighted by molar-refractivity contribution is -0.384. The van der Waals surface area contributed by atoms with Crippen LogP contribution >= 0.6 is 6.89 Å². The molecule has 186 valence electrons. The van der Waals surface area contributed by atoms with E-state index in [-0.39, 0.29) is 5.69 Å². The Morgan fingerprint density at radius 2 is 1.11 bits per heavy atom. The molecule has 0 spiro atoms. The molecule has 0 atom stereocenters. The first kappa shape index (κ1) is 24.9. The average molecular weight is 518 g/mol. The van der Waals surface area contributed by atoms with Crippen molar-refractivity contribution < 1.29 is 14.5 Å². The highest BCUT2D eigenvalue weighted by molar-refractivity contribution is 7.95. The molecule has 0 radical (unpaired) electrons. The summed E-state index contributed by atoms with van der Waals surface area (Å²) in [6.45, 7) is -2.51. The zero-order chi connectivity index (χ0) is 26.4. The van der Waals surface area contributed by atoms with Gasteiger partial charge in [-0.05, 0) is 46.1 Å². The van der Waals surface area contributed by atoms with E-state index in [1.807, 2.05) is 60.7 Å². The number of esters is 1. The highest BCUT2D eigenvalue weighted by atomic mass is 31.2. The molecule has 0 saturated carbocycles. The maximum absolute atomic E-state index is 13.6. The molecule has 5 aromatic rings. The highest BCUT2D eigenvalue weighted by Crippen LogP contribution is 2.43. The Balaban J connectivity index is 1.60. The van der Waals surface area contributed by atoms with E-state index >= 15 is 0 Å². The Kier molecular flexibility index (Phi) is 7.30. The summed E-state index contributed by atoms with van der Waals surface area (Å²) in [5.74, 6) is 1.63. The molecule has 0 fully saturated rings. The summed E-state index contributed by atoms with van der Waals surface area (Å²) < 4.78 is 5.87. The second-order valence-corrected chi connectivity index (χ2v) is 11.9. The molecule has 0 bridgehead atoms. The van der Waals surface area contributed by atoms with Crippen molar-refractivity contribution in [1.29, 1.82) is 0 Å². The van der Waals surface area contributed by atoms with Crippen molar-refractivity contribution in [3.05, 3.63) is 150 Å². The van der Waals surface area contributed by atoms with Crippen molar-refractivity contribution in [3.8, 4) is 16.9 Å². The zero-order valence-electron chi connectivity index (χ0n) is 20.4. The fourth-order valence-electron chi connectivity index (χ4n) is 4.50. The van der Waals surface area contributed by atoms with Crippen molar-refractivity contribution in [2.45, 2.75) is 0 Å². The molecule has 0 heterocycles. The van der Waals surface area contributed by atoms with Crippen molar-refractivity contribution >= 4 is 40.3 Å². The van der Waals surface area contributed by atoms with Crippen LogP contribution in [-0.2, 0) is 4.79 Å². The van der Waals surface area contributed by atoms with Crippen molar-refractivity contribution in [3.63, 3.8) is 0 Å². The Morgan fingerprint density at radius 1 is 0.632 bits per heavy atom. The number of non-ortho nitro benzene ring substituents is 1. The lowest BCUT2D eigenvalue weighted by Crippen LogP contribution is -2.29. The van der Waals surface area contributed by atoms with E-state index in [1.54, 1.807) is 36.1 Å². The molecule has 0 aliphatic rings. The molecule has 0 unspecified atom stereocenters. The standard InChI is InChI=1S/C32H24NO4P/c34-32(37-28-15-11-13-26(23-28)25-12-10-14-27(22-25)33(35)36)24-38(29-16-4-1-5-17-29,30-18-6-2-7-19-30)31-20-8-3-9-21-31/h1-24H. The summed E-state index contributed by atoms with van der Waals surface area (Å²) in [6, 6.07) is 43.5. The molecular formula is C32H24NO4P. The van der Waals surface area contributed by atoms with E-state index in [4.69, 9.17) is 4.74 Å². The smallest absolute Gasteiger partial charge is 0.337 e. The van der Waals surface area contributed by atoms with Gasteiger partial charge < -0.3 is 4.74 Å². The number of hydrogen-bond donors (Lipinski definition) is 0. The van der Waals surface area contributed by atoms with E-state index in [2.05, 4.69) is 36.4 Å². The molecule has 38 heavy (non-hydrogen) atoms. The van der Waals surface area contributed by atoms with Crippen LogP contribution in [0.15, 0.2) is 140 Å². The van der Waals surface area contributed by atoms with Crippen LogP contribution in [0.2, 0.25) is 0 Å². The number of nitro groups is 1. The normalized spacial score (nSPS) is 10.9. The molecule has 0 aliphatic heterocycles. The summed E-state index contributed by atoms with van der Waals surface area (Å²) in [4.78, 5) is 24.4. The summed E-state index contributed by atoms with van der Waals surface area (Å²) in [7, 11) is 0. The van der Waals surface area contributed by atoms with E-state index in [9.17, 15) is 14.9 Å². The summed E-state index contributed by atoms with van der Waals surface area (Å²) in [5.41, 5.74) is 1.39. The van der Waals surface area contributed by atoms with Gasteiger partial charge in [-0.3, -0.25) is 10.1 Å². The number of carbonyl (C=O) groups is 1. The summed E-state index contributed by atoms with van der Waals surface area (Å²) >= 11 is 0. The van der Waals surface area contributed by atoms with E-state index in [0.29, 0.717) is 16.9 Å². The van der Waals surface area contributed by atoms with Crippen LogP contribution in [0.5, 0.6) is 5.75 Å². The maximum atomic E-state index is 13.6. The fourth-order valence-corrected chi connectivity index (χ4v) is 8.14. The molecule has 6 heteroatoms. The van der Waals surface area contributed by atoms with Crippen LogP contribution in [0.3, 0.4) is 0 Å². The van der Waals surface area contributed by atoms with Gasteiger partial charge in [0.25, 0.3) is 5.69 Å². The molecule has 0 N–H and O–H groups in total. The summed E-state index contributed by atoms with van der Waals surface area (Å²) in [6.07, 6.45) is 0. The Hall–Kier alpha value is -4.73. The largest absolute Gasteiger partial charge is 0.423 e. The van der Waals surface area contributed by atoms with Crippen LogP contribution in [-0.4, -0.2) is 16.7 Å². The predicted octanol–water partition coefficient (Wildman–Crippen LogP) is 5.96. The first-order valence-corrected chi connectivity index (χ1v) is 13.9. The first-order chi connectivity index (χ1) is 18.6. The molecule has 5 aromatic carbocycles. The Labute approximate surface area is 221 Å². The van der Waals surface area contributed by atoms with Gasteiger partial charge in [0.2, 0.25) is 0 Å². The van der Waals surface area contributed by atoms with Gasteiger partial charge in [0.1, 0.15) is 5.75 Å². The SMILES string of the molecule is O=C(C=P(c1ccccc1)(c1ccccc1)c1ccccc1)Oc1cccc(-c2cccc([N+](=O)[O-])c2)c1. The third kappa shape index (κ3) is 5.19. The summed E-state index contributed by atoms with van der Waals surface area (Å²) in [5, 5.41) is 14.3. The monoisotopic (exact) mass is 517 g/mol. The average Bonchev–Trinajstić information content (AvgIpc) is 2.97.